The molecule has 0 aliphatic rings. The summed E-state index contributed by atoms with van der Waals surface area (Å²) in [5.41, 5.74) is 6.74. The molecule has 0 spiro atoms. The van der Waals surface area contributed by atoms with Crippen LogP contribution in [0.25, 0.3) is 0 Å². The fourth-order valence-electron chi connectivity index (χ4n) is 2.50. The predicted molar refractivity (Wildman–Crippen MR) is 80.6 cm³/mol. The van der Waals surface area contributed by atoms with Crippen LogP contribution in [0, 0.1) is 19.7 Å². The zero-order valence-corrected chi connectivity index (χ0v) is 13.3. The van der Waals surface area contributed by atoms with Gasteiger partial charge in [0.05, 0.1) is 11.7 Å². The van der Waals surface area contributed by atoms with Gasteiger partial charge in [-0.15, -0.1) is 0 Å². The molecule has 3 N–H and O–H groups in total. The first-order chi connectivity index (χ1) is 9.42. The highest BCUT2D eigenvalue weighted by molar-refractivity contribution is 9.10. The minimum atomic E-state index is -0.259. The van der Waals surface area contributed by atoms with Crippen molar-refractivity contribution < 1.29 is 4.39 Å². The Balaban J connectivity index is 2.33. The monoisotopic (exact) mass is 340 g/mol. The number of halogens is 2. The first-order valence-corrected chi connectivity index (χ1v) is 7.13. The summed E-state index contributed by atoms with van der Waals surface area (Å²) in [7, 11) is 1.90. The maximum absolute atomic E-state index is 13.4. The predicted octanol–water partition coefficient (Wildman–Crippen LogP) is 2.69. The Morgan fingerprint density at radius 1 is 1.40 bits per heavy atom. The Bertz CT molecular complexity index is 604. The second-order valence-electron chi connectivity index (χ2n) is 4.91. The molecule has 0 aliphatic heterocycles. The van der Waals surface area contributed by atoms with Gasteiger partial charge in [0.1, 0.15) is 5.82 Å². The fourth-order valence-corrected chi connectivity index (χ4v) is 3.02. The van der Waals surface area contributed by atoms with Crippen molar-refractivity contribution in [2.24, 2.45) is 12.9 Å². The van der Waals surface area contributed by atoms with E-state index < -0.39 is 0 Å². The summed E-state index contributed by atoms with van der Waals surface area (Å²) in [6, 6.07) is 4.76. The van der Waals surface area contributed by atoms with Gasteiger partial charge >= 0.3 is 0 Å². The molecule has 1 unspecified atom stereocenters. The van der Waals surface area contributed by atoms with Crippen molar-refractivity contribution in [1.82, 2.24) is 15.2 Å². The van der Waals surface area contributed by atoms with E-state index in [1.807, 2.05) is 31.6 Å². The third kappa shape index (κ3) is 3.08. The summed E-state index contributed by atoms with van der Waals surface area (Å²) in [4.78, 5) is 0. The number of hydrazine groups is 1. The second kappa shape index (κ2) is 6.03. The number of rotatable bonds is 4. The van der Waals surface area contributed by atoms with E-state index in [0.29, 0.717) is 6.42 Å². The van der Waals surface area contributed by atoms with Crippen molar-refractivity contribution in [3.8, 4) is 0 Å². The molecule has 2 rings (SSSR count). The lowest BCUT2D eigenvalue weighted by Crippen LogP contribution is -2.30. The third-order valence-corrected chi connectivity index (χ3v) is 3.93. The molecule has 0 fully saturated rings. The molecule has 6 heteroatoms. The summed E-state index contributed by atoms with van der Waals surface area (Å²) in [5, 5.41) is 4.39. The summed E-state index contributed by atoms with van der Waals surface area (Å²) < 4.78 is 16.0. The average Bonchev–Trinajstić information content (AvgIpc) is 2.60. The van der Waals surface area contributed by atoms with Crippen LogP contribution in [-0.2, 0) is 13.5 Å². The number of hydrogen-bond acceptors (Lipinski definition) is 3. The number of hydrogen-bond donors (Lipinski definition) is 2. The van der Waals surface area contributed by atoms with Gasteiger partial charge in [-0.2, -0.15) is 5.10 Å². The Hall–Kier alpha value is -1.24. The molecule has 0 radical (unpaired) electrons. The Kier molecular flexibility index (Phi) is 4.57. The Morgan fingerprint density at radius 2 is 2.10 bits per heavy atom. The van der Waals surface area contributed by atoms with Crippen LogP contribution in [0.3, 0.4) is 0 Å². The minimum Gasteiger partial charge on any atom is -0.272 e. The van der Waals surface area contributed by atoms with E-state index in [0.717, 1.165) is 27.0 Å². The van der Waals surface area contributed by atoms with Gasteiger partial charge in [-0.1, -0.05) is 15.9 Å². The normalized spacial score (nSPS) is 12.7. The lowest BCUT2D eigenvalue weighted by Gasteiger charge is -2.17. The van der Waals surface area contributed by atoms with Gasteiger partial charge < -0.3 is 0 Å². The van der Waals surface area contributed by atoms with E-state index in [9.17, 15) is 4.39 Å². The van der Waals surface area contributed by atoms with E-state index in [-0.39, 0.29) is 11.9 Å². The lowest BCUT2D eigenvalue weighted by atomic mass is 9.98. The quantitative estimate of drug-likeness (QED) is 0.664. The molecule has 108 valence electrons. The lowest BCUT2D eigenvalue weighted by molar-refractivity contribution is 0.542. The van der Waals surface area contributed by atoms with Crippen LogP contribution in [0.5, 0.6) is 0 Å². The first-order valence-electron chi connectivity index (χ1n) is 6.33. The van der Waals surface area contributed by atoms with Crippen LogP contribution in [0.15, 0.2) is 22.7 Å². The smallest absolute Gasteiger partial charge is 0.124 e. The van der Waals surface area contributed by atoms with Gasteiger partial charge in [0, 0.05) is 22.8 Å². The Labute approximate surface area is 126 Å². The fraction of sp³-hybridized carbons (Fsp3) is 0.357. The maximum atomic E-state index is 13.4. The number of nitrogens with zero attached hydrogens (tertiary/aromatic N) is 2. The molecule has 2 aromatic rings. The van der Waals surface area contributed by atoms with E-state index in [1.165, 1.54) is 12.1 Å². The zero-order valence-electron chi connectivity index (χ0n) is 11.7. The van der Waals surface area contributed by atoms with Crippen LogP contribution in [0.4, 0.5) is 4.39 Å². The maximum Gasteiger partial charge on any atom is 0.124 e. The standard InChI is InChI=1S/C14H18BrFN4/c1-8-14(9(2)20(3)19-8)13(18-17)6-10-4-11(15)7-12(16)5-10/h4-5,7,13,18H,6,17H2,1-3H3. The number of nitrogens with two attached hydrogens (primary N) is 1. The molecule has 1 atom stereocenters. The molecule has 4 nitrogen and oxygen atoms in total. The van der Waals surface area contributed by atoms with Crippen molar-refractivity contribution in [3.63, 3.8) is 0 Å². The van der Waals surface area contributed by atoms with Gasteiger partial charge in [0.25, 0.3) is 0 Å². The molecular formula is C14H18BrFN4. The van der Waals surface area contributed by atoms with Crippen LogP contribution >= 0.6 is 15.9 Å². The van der Waals surface area contributed by atoms with Crippen LogP contribution in [0.2, 0.25) is 0 Å². The van der Waals surface area contributed by atoms with E-state index in [1.54, 1.807) is 0 Å². The Morgan fingerprint density at radius 3 is 2.60 bits per heavy atom. The van der Waals surface area contributed by atoms with Crippen molar-refractivity contribution in [1.29, 1.82) is 0 Å². The van der Waals surface area contributed by atoms with Gasteiger partial charge in [-0.3, -0.25) is 16.0 Å². The number of nitrogens with one attached hydrogen (secondary N) is 1. The molecule has 0 saturated carbocycles. The number of aryl methyl sites for hydroxylation is 2. The van der Waals surface area contributed by atoms with Crippen LogP contribution in [-0.4, -0.2) is 9.78 Å². The molecule has 0 saturated heterocycles. The molecule has 20 heavy (non-hydrogen) atoms. The second-order valence-corrected chi connectivity index (χ2v) is 5.82. The van der Waals surface area contributed by atoms with Gasteiger partial charge in [-0.25, -0.2) is 4.39 Å². The minimum absolute atomic E-state index is 0.0996. The molecule has 1 heterocycles. The summed E-state index contributed by atoms with van der Waals surface area (Å²) in [6.45, 7) is 3.95. The average molecular weight is 341 g/mol. The van der Waals surface area contributed by atoms with E-state index in [4.69, 9.17) is 5.84 Å². The highest BCUT2D eigenvalue weighted by Gasteiger charge is 2.19. The zero-order chi connectivity index (χ0) is 14.9. The van der Waals surface area contributed by atoms with Gasteiger partial charge in [0.15, 0.2) is 0 Å². The largest absolute Gasteiger partial charge is 0.272 e. The highest BCUT2D eigenvalue weighted by Crippen LogP contribution is 2.25. The topological polar surface area (TPSA) is 55.9 Å². The molecule has 0 amide bonds. The van der Waals surface area contributed by atoms with E-state index >= 15 is 0 Å². The highest BCUT2D eigenvalue weighted by atomic mass is 79.9. The van der Waals surface area contributed by atoms with Crippen molar-refractivity contribution in [2.45, 2.75) is 26.3 Å². The van der Waals surface area contributed by atoms with E-state index in [2.05, 4.69) is 26.5 Å². The van der Waals surface area contributed by atoms with Gasteiger partial charge in [0.2, 0.25) is 0 Å². The molecule has 1 aromatic heterocycles. The van der Waals surface area contributed by atoms with Crippen molar-refractivity contribution in [3.05, 3.63) is 51.0 Å². The molecule has 0 aliphatic carbocycles. The molecule has 0 bridgehead atoms. The summed E-state index contributed by atoms with van der Waals surface area (Å²) in [5.74, 6) is 5.42. The summed E-state index contributed by atoms with van der Waals surface area (Å²) >= 11 is 3.31. The number of benzene rings is 1. The van der Waals surface area contributed by atoms with Crippen molar-refractivity contribution >= 4 is 15.9 Å². The van der Waals surface area contributed by atoms with Crippen LogP contribution < -0.4 is 11.3 Å². The van der Waals surface area contributed by atoms with Crippen LogP contribution in [0.1, 0.15) is 28.6 Å². The first kappa shape index (κ1) is 15.2. The van der Waals surface area contributed by atoms with Gasteiger partial charge in [-0.05, 0) is 44.0 Å². The SMILES string of the molecule is Cc1nn(C)c(C)c1C(Cc1cc(F)cc(Br)c1)NN. The summed E-state index contributed by atoms with van der Waals surface area (Å²) in [6.07, 6.45) is 0.597. The molecular weight excluding hydrogens is 323 g/mol. The third-order valence-electron chi connectivity index (χ3n) is 3.48. The van der Waals surface area contributed by atoms with Crippen molar-refractivity contribution in [2.75, 3.05) is 0 Å². The number of aromatic nitrogens is 2. The molecule has 1 aromatic carbocycles.